The minimum Gasteiger partial charge on any atom is -0.448 e. The molecule has 0 saturated heterocycles. The largest absolute Gasteiger partial charge is 0.448 e. The van der Waals surface area contributed by atoms with Crippen LogP contribution in [0.4, 0.5) is 11.4 Å². The van der Waals surface area contributed by atoms with Crippen LogP contribution in [0, 0.1) is 10.1 Å². The molecular weight excluding hydrogens is 366 g/mol. The Balaban J connectivity index is 1.38. The van der Waals surface area contributed by atoms with Crippen molar-refractivity contribution in [2.24, 2.45) is 5.10 Å². The number of nitrogens with zero attached hydrogens (tertiary/aromatic N) is 3. The first-order valence-electron chi connectivity index (χ1n) is 7.93. The van der Waals surface area contributed by atoms with Gasteiger partial charge in [-0.3, -0.25) is 15.5 Å². The van der Waals surface area contributed by atoms with Crippen LogP contribution in [0.3, 0.4) is 0 Å². The van der Waals surface area contributed by atoms with Gasteiger partial charge in [-0.05, 0) is 48.2 Å². The monoisotopic (exact) mass is 379 g/mol. The predicted molar refractivity (Wildman–Crippen MR) is 103 cm³/mol. The smallest absolute Gasteiger partial charge is 0.269 e. The lowest BCUT2D eigenvalue weighted by Crippen LogP contribution is -1.91. The summed E-state index contributed by atoms with van der Waals surface area (Å²) in [5, 5.41) is 16.1. The molecule has 0 aliphatic rings. The van der Waals surface area contributed by atoms with Crippen LogP contribution >= 0.6 is 11.8 Å². The van der Waals surface area contributed by atoms with Gasteiger partial charge in [0.15, 0.2) is 10.2 Å². The molecular formula is C18H13N5O3S. The Hall–Kier alpha value is -3.59. The fraction of sp³-hybridized carbons (Fsp3) is 0. The van der Waals surface area contributed by atoms with E-state index in [0.717, 1.165) is 16.2 Å². The SMILES string of the molecule is O=[N+]([O-])c1ccc(NN=Cc2ccc(Sc3nc4ccccc4[nH]3)o2)cc1. The highest BCUT2D eigenvalue weighted by Crippen LogP contribution is 2.28. The van der Waals surface area contributed by atoms with Gasteiger partial charge in [0.2, 0.25) is 0 Å². The van der Waals surface area contributed by atoms with Gasteiger partial charge in [-0.2, -0.15) is 5.10 Å². The number of hydrazone groups is 1. The lowest BCUT2D eigenvalue weighted by atomic mass is 10.3. The third kappa shape index (κ3) is 3.98. The van der Waals surface area contributed by atoms with Crippen molar-refractivity contribution in [3.05, 3.63) is 76.5 Å². The van der Waals surface area contributed by atoms with Crippen LogP contribution < -0.4 is 5.43 Å². The van der Waals surface area contributed by atoms with Crippen LogP contribution in [0.1, 0.15) is 5.76 Å². The second-order valence-corrected chi connectivity index (χ2v) is 6.49. The molecule has 0 fully saturated rings. The molecule has 0 unspecified atom stereocenters. The number of rotatable bonds is 6. The van der Waals surface area contributed by atoms with E-state index in [1.54, 1.807) is 18.2 Å². The summed E-state index contributed by atoms with van der Waals surface area (Å²) in [6.07, 6.45) is 1.53. The van der Waals surface area contributed by atoms with Gasteiger partial charge in [0.1, 0.15) is 5.76 Å². The number of benzene rings is 2. The van der Waals surface area contributed by atoms with Gasteiger partial charge in [0, 0.05) is 12.1 Å². The quantitative estimate of drug-likeness (QED) is 0.286. The van der Waals surface area contributed by atoms with E-state index in [1.807, 2.05) is 30.3 Å². The number of imidazole rings is 1. The van der Waals surface area contributed by atoms with Gasteiger partial charge in [-0.25, -0.2) is 4.98 Å². The highest BCUT2D eigenvalue weighted by Gasteiger charge is 2.07. The molecule has 27 heavy (non-hydrogen) atoms. The maximum atomic E-state index is 10.6. The number of nitro groups is 1. The Bertz CT molecular complexity index is 1080. The molecule has 4 aromatic rings. The van der Waals surface area contributed by atoms with E-state index < -0.39 is 4.92 Å². The van der Waals surface area contributed by atoms with E-state index in [9.17, 15) is 10.1 Å². The molecule has 2 N–H and O–H groups in total. The Morgan fingerprint density at radius 1 is 1.15 bits per heavy atom. The predicted octanol–water partition coefficient (Wildman–Crippen LogP) is 4.66. The third-order valence-electron chi connectivity index (χ3n) is 3.63. The van der Waals surface area contributed by atoms with Gasteiger partial charge in [-0.15, -0.1) is 0 Å². The number of para-hydroxylation sites is 2. The molecule has 0 amide bonds. The van der Waals surface area contributed by atoms with Gasteiger partial charge >= 0.3 is 0 Å². The Labute approximate surface area is 157 Å². The van der Waals surface area contributed by atoms with Crippen molar-refractivity contribution >= 4 is 40.4 Å². The number of nitro benzene ring substituents is 1. The summed E-state index contributed by atoms with van der Waals surface area (Å²) in [5.74, 6) is 0.572. The fourth-order valence-electron chi connectivity index (χ4n) is 2.36. The lowest BCUT2D eigenvalue weighted by molar-refractivity contribution is -0.384. The summed E-state index contributed by atoms with van der Waals surface area (Å²) in [7, 11) is 0. The summed E-state index contributed by atoms with van der Waals surface area (Å²) in [4.78, 5) is 17.9. The standard InChI is InChI=1S/C18H13N5O3S/c24-23(25)13-7-5-12(6-8-13)22-19-11-14-9-10-17(26-14)27-18-20-15-3-1-2-4-16(15)21-18/h1-11,22H,(H,20,21). The van der Waals surface area contributed by atoms with E-state index >= 15 is 0 Å². The van der Waals surface area contributed by atoms with Crippen molar-refractivity contribution in [3.63, 3.8) is 0 Å². The minimum atomic E-state index is -0.447. The minimum absolute atomic E-state index is 0.0304. The summed E-state index contributed by atoms with van der Waals surface area (Å²) in [6.45, 7) is 0. The molecule has 2 aromatic carbocycles. The van der Waals surface area contributed by atoms with Crippen LogP contribution in [-0.2, 0) is 0 Å². The summed E-state index contributed by atoms with van der Waals surface area (Å²) in [6, 6.07) is 17.4. The second-order valence-electron chi connectivity index (χ2n) is 5.49. The zero-order chi connectivity index (χ0) is 18.6. The molecule has 0 saturated carbocycles. The number of non-ortho nitro benzene ring substituents is 1. The van der Waals surface area contributed by atoms with Crippen molar-refractivity contribution in [1.29, 1.82) is 0 Å². The van der Waals surface area contributed by atoms with Crippen LogP contribution in [-0.4, -0.2) is 21.1 Å². The maximum Gasteiger partial charge on any atom is 0.269 e. The molecule has 2 aromatic heterocycles. The van der Waals surface area contributed by atoms with Gasteiger partial charge < -0.3 is 9.40 Å². The second kappa shape index (κ2) is 7.34. The first-order valence-corrected chi connectivity index (χ1v) is 8.75. The van der Waals surface area contributed by atoms with Crippen molar-refractivity contribution in [1.82, 2.24) is 9.97 Å². The average molecular weight is 379 g/mol. The van der Waals surface area contributed by atoms with Crippen LogP contribution in [0.5, 0.6) is 0 Å². The number of aromatic amines is 1. The number of hydrogen-bond acceptors (Lipinski definition) is 7. The first kappa shape index (κ1) is 16.9. The van der Waals surface area contributed by atoms with E-state index in [4.69, 9.17) is 4.42 Å². The lowest BCUT2D eigenvalue weighted by Gasteiger charge is -1.98. The molecule has 4 rings (SSSR count). The van der Waals surface area contributed by atoms with Gasteiger partial charge in [0.25, 0.3) is 5.69 Å². The maximum absolute atomic E-state index is 10.6. The topological polar surface area (TPSA) is 109 Å². The Morgan fingerprint density at radius 3 is 2.74 bits per heavy atom. The third-order valence-corrected chi connectivity index (χ3v) is 4.44. The first-order chi connectivity index (χ1) is 13.2. The number of furan rings is 1. The number of H-pyrrole nitrogens is 1. The van der Waals surface area contributed by atoms with Gasteiger partial charge in [-0.1, -0.05) is 12.1 Å². The highest BCUT2D eigenvalue weighted by molar-refractivity contribution is 7.99. The summed E-state index contributed by atoms with van der Waals surface area (Å²) < 4.78 is 5.70. The highest BCUT2D eigenvalue weighted by atomic mass is 32.2. The number of anilines is 1. The van der Waals surface area contributed by atoms with E-state index in [-0.39, 0.29) is 5.69 Å². The molecule has 0 spiro atoms. The Morgan fingerprint density at radius 2 is 1.96 bits per heavy atom. The number of aromatic nitrogens is 2. The number of hydrogen-bond donors (Lipinski definition) is 2. The molecule has 0 radical (unpaired) electrons. The van der Waals surface area contributed by atoms with Crippen LogP contribution in [0.25, 0.3) is 11.0 Å². The summed E-state index contributed by atoms with van der Waals surface area (Å²) >= 11 is 1.39. The van der Waals surface area contributed by atoms with Crippen molar-refractivity contribution < 1.29 is 9.34 Å². The molecule has 9 heteroatoms. The molecule has 134 valence electrons. The Kier molecular flexibility index (Phi) is 4.58. The van der Waals surface area contributed by atoms with E-state index in [1.165, 1.54) is 30.1 Å². The average Bonchev–Trinajstić information content (AvgIpc) is 3.28. The van der Waals surface area contributed by atoms with Crippen LogP contribution in [0.2, 0.25) is 0 Å². The van der Waals surface area contributed by atoms with E-state index in [2.05, 4.69) is 20.5 Å². The number of nitrogens with one attached hydrogen (secondary N) is 2. The normalized spacial score (nSPS) is 11.3. The fourth-order valence-corrected chi connectivity index (χ4v) is 3.13. The molecule has 0 aliphatic carbocycles. The van der Waals surface area contributed by atoms with Gasteiger partial charge in [0.05, 0.1) is 27.9 Å². The number of fused-ring (bicyclic) bond motifs is 1. The molecule has 8 nitrogen and oxygen atoms in total. The van der Waals surface area contributed by atoms with Crippen molar-refractivity contribution in [2.45, 2.75) is 10.2 Å². The molecule has 2 heterocycles. The summed E-state index contributed by atoms with van der Waals surface area (Å²) in [5.41, 5.74) is 5.34. The zero-order valence-electron chi connectivity index (χ0n) is 13.8. The van der Waals surface area contributed by atoms with Crippen molar-refractivity contribution in [2.75, 3.05) is 5.43 Å². The zero-order valence-corrected chi connectivity index (χ0v) is 14.6. The molecule has 0 atom stereocenters. The van der Waals surface area contributed by atoms with Crippen LogP contribution in [0.15, 0.2) is 80.4 Å². The molecule has 0 aliphatic heterocycles. The molecule has 0 bridgehead atoms. The van der Waals surface area contributed by atoms with E-state index in [0.29, 0.717) is 16.5 Å². The van der Waals surface area contributed by atoms with Crippen molar-refractivity contribution in [3.8, 4) is 0 Å².